The lowest BCUT2D eigenvalue weighted by Crippen LogP contribution is -1.86. The fourth-order valence-electron chi connectivity index (χ4n) is 2.74. The number of hydrogen-bond donors (Lipinski definition) is 0. The summed E-state index contributed by atoms with van der Waals surface area (Å²) in [6.07, 6.45) is 8.11. The van der Waals surface area contributed by atoms with Crippen LogP contribution in [0.15, 0.2) is 60.7 Å². The number of methoxy groups -OCH3 is 2. The number of halogens is 2. The van der Waals surface area contributed by atoms with Crippen LogP contribution in [0.1, 0.15) is 22.3 Å². The Balaban J connectivity index is 1.74. The molecule has 3 aromatic carbocycles. The molecule has 28 heavy (non-hydrogen) atoms. The van der Waals surface area contributed by atoms with Gasteiger partial charge in [-0.1, -0.05) is 71.8 Å². The predicted octanol–water partition coefficient (Wildman–Crippen LogP) is 7.35. The Morgan fingerprint density at radius 1 is 0.571 bits per heavy atom. The zero-order valence-corrected chi connectivity index (χ0v) is 17.2. The van der Waals surface area contributed by atoms with Gasteiger partial charge in [-0.3, -0.25) is 0 Å². The molecule has 0 heterocycles. The van der Waals surface area contributed by atoms with Gasteiger partial charge in [0.15, 0.2) is 0 Å². The highest BCUT2D eigenvalue weighted by Crippen LogP contribution is 2.26. The molecular formula is C24H20Cl2O2. The third-order valence-electron chi connectivity index (χ3n) is 4.24. The molecular weight excluding hydrogens is 391 g/mol. The summed E-state index contributed by atoms with van der Waals surface area (Å²) in [7, 11) is 3.28. The van der Waals surface area contributed by atoms with Gasteiger partial charge in [-0.25, -0.2) is 0 Å². The summed E-state index contributed by atoms with van der Waals surface area (Å²) in [4.78, 5) is 0. The summed E-state index contributed by atoms with van der Waals surface area (Å²) in [6, 6.07) is 19.5. The molecule has 3 rings (SSSR count). The van der Waals surface area contributed by atoms with Crippen LogP contribution in [0.4, 0.5) is 0 Å². The first kappa shape index (κ1) is 20.1. The number of rotatable bonds is 6. The molecule has 0 aliphatic heterocycles. The minimum absolute atomic E-state index is 0.655. The van der Waals surface area contributed by atoms with Crippen LogP contribution < -0.4 is 9.47 Å². The number of benzene rings is 3. The first-order valence-corrected chi connectivity index (χ1v) is 9.48. The maximum Gasteiger partial charge on any atom is 0.127 e. The quantitative estimate of drug-likeness (QED) is 0.395. The van der Waals surface area contributed by atoms with E-state index in [4.69, 9.17) is 32.7 Å². The van der Waals surface area contributed by atoms with Crippen molar-refractivity contribution >= 4 is 47.5 Å². The lowest BCUT2D eigenvalue weighted by molar-refractivity contribution is 0.414. The van der Waals surface area contributed by atoms with E-state index in [0.29, 0.717) is 10.0 Å². The fourth-order valence-corrected chi connectivity index (χ4v) is 3.06. The highest BCUT2D eigenvalue weighted by atomic mass is 35.5. The van der Waals surface area contributed by atoms with Crippen molar-refractivity contribution in [3.8, 4) is 11.5 Å². The van der Waals surface area contributed by atoms with E-state index in [0.717, 1.165) is 33.8 Å². The standard InChI is InChI=1S/C24H20Cl2O2/c1-27-23-15-21(25)13-11-19(23)9-7-17-3-5-18(6-4-17)8-10-20-12-14-22(26)16-24(20)28-2/h3-16H,1-2H3. The zero-order chi connectivity index (χ0) is 19.9. The van der Waals surface area contributed by atoms with Gasteiger partial charge in [0.1, 0.15) is 11.5 Å². The van der Waals surface area contributed by atoms with E-state index in [2.05, 4.69) is 24.3 Å². The molecule has 0 amide bonds. The molecule has 0 N–H and O–H groups in total. The largest absolute Gasteiger partial charge is 0.496 e. The van der Waals surface area contributed by atoms with Crippen molar-refractivity contribution in [2.24, 2.45) is 0 Å². The summed E-state index contributed by atoms with van der Waals surface area (Å²) >= 11 is 12.0. The van der Waals surface area contributed by atoms with Gasteiger partial charge >= 0.3 is 0 Å². The summed E-state index contributed by atoms with van der Waals surface area (Å²) < 4.78 is 10.7. The third-order valence-corrected chi connectivity index (χ3v) is 4.71. The molecule has 0 radical (unpaired) electrons. The molecule has 0 spiro atoms. The van der Waals surface area contributed by atoms with Crippen molar-refractivity contribution in [3.63, 3.8) is 0 Å². The topological polar surface area (TPSA) is 18.5 Å². The Morgan fingerprint density at radius 2 is 0.964 bits per heavy atom. The monoisotopic (exact) mass is 410 g/mol. The molecule has 3 aromatic rings. The lowest BCUT2D eigenvalue weighted by Gasteiger charge is -2.05. The Bertz CT molecular complexity index is 923. The summed E-state index contributed by atoms with van der Waals surface area (Å²) in [5, 5.41) is 1.31. The van der Waals surface area contributed by atoms with E-state index in [1.165, 1.54) is 0 Å². The minimum Gasteiger partial charge on any atom is -0.496 e. The fraction of sp³-hybridized carbons (Fsp3) is 0.0833. The van der Waals surface area contributed by atoms with Crippen LogP contribution in [0.25, 0.3) is 24.3 Å². The van der Waals surface area contributed by atoms with Crippen LogP contribution in [-0.4, -0.2) is 14.2 Å². The molecule has 0 unspecified atom stereocenters. The number of ether oxygens (including phenoxy) is 2. The molecule has 0 bridgehead atoms. The van der Waals surface area contributed by atoms with Crippen molar-refractivity contribution in [1.29, 1.82) is 0 Å². The van der Waals surface area contributed by atoms with Crippen LogP contribution in [0, 0.1) is 0 Å². The van der Waals surface area contributed by atoms with E-state index in [1.807, 2.05) is 48.6 Å². The minimum atomic E-state index is 0.655. The van der Waals surface area contributed by atoms with Crippen LogP contribution in [0.5, 0.6) is 11.5 Å². The van der Waals surface area contributed by atoms with Crippen molar-refractivity contribution in [3.05, 3.63) is 93.0 Å². The van der Waals surface area contributed by atoms with E-state index in [1.54, 1.807) is 26.4 Å². The van der Waals surface area contributed by atoms with Crippen molar-refractivity contribution in [2.45, 2.75) is 0 Å². The summed E-state index contributed by atoms with van der Waals surface area (Å²) in [5.74, 6) is 1.50. The van der Waals surface area contributed by atoms with Crippen LogP contribution >= 0.6 is 23.2 Å². The van der Waals surface area contributed by atoms with E-state index < -0.39 is 0 Å². The second kappa shape index (κ2) is 9.50. The van der Waals surface area contributed by atoms with Gasteiger partial charge in [-0.05, 0) is 47.5 Å². The van der Waals surface area contributed by atoms with Crippen molar-refractivity contribution in [2.75, 3.05) is 14.2 Å². The van der Waals surface area contributed by atoms with Crippen LogP contribution in [0.2, 0.25) is 10.0 Å². The van der Waals surface area contributed by atoms with Gasteiger partial charge in [0.25, 0.3) is 0 Å². The summed E-state index contributed by atoms with van der Waals surface area (Å²) in [5.41, 5.74) is 4.15. The second-order valence-corrected chi connectivity index (χ2v) is 6.98. The SMILES string of the molecule is COc1cc(Cl)ccc1C=Cc1ccc(C=Cc2ccc(Cl)cc2OC)cc1. The molecule has 0 aliphatic carbocycles. The molecule has 2 nitrogen and oxygen atoms in total. The van der Waals surface area contributed by atoms with Gasteiger partial charge in [0, 0.05) is 21.2 Å². The highest BCUT2D eigenvalue weighted by molar-refractivity contribution is 6.31. The molecule has 0 aliphatic rings. The zero-order valence-electron chi connectivity index (χ0n) is 15.7. The summed E-state index contributed by atoms with van der Waals surface area (Å²) in [6.45, 7) is 0. The van der Waals surface area contributed by atoms with Crippen LogP contribution in [0.3, 0.4) is 0 Å². The Kier molecular flexibility index (Phi) is 6.80. The van der Waals surface area contributed by atoms with Crippen molar-refractivity contribution in [1.82, 2.24) is 0 Å². The van der Waals surface area contributed by atoms with E-state index in [9.17, 15) is 0 Å². The normalized spacial score (nSPS) is 11.3. The lowest BCUT2D eigenvalue weighted by atomic mass is 10.1. The predicted molar refractivity (Wildman–Crippen MR) is 120 cm³/mol. The van der Waals surface area contributed by atoms with Gasteiger partial charge in [0.2, 0.25) is 0 Å². The van der Waals surface area contributed by atoms with E-state index >= 15 is 0 Å². The average Bonchev–Trinajstić information content (AvgIpc) is 2.72. The van der Waals surface area contributed by atoms with Crippen LogP contribution in [-0.2, 0) is 0 Å². The molecule has 4 heteroatoms. The molecule has 0 atom stereocenters. The molecule has 142 valence electrons. The average molecular weight is 411 g/mol. The Morgan fingerprint density at radius 3 is 1.32 bits per heavy atom. The van der Waals surface area contributed by atoms with Gasteiger partial charge in [0.05, 0.1) is 14.2 Å². The highest BCUT2D eigenvalue weighted by Gasteiger charge is 2.01. The van der Waals surface area contributed by atoms with Gasteiger partial charge in [-0.2, -0.15) is 0 Å². The maximum absolute atomic E-state index is 6.01. The van der Waals surface area contributed by atoms with Gasteiger partial charge < -0.3 is 9.47 Å². The Labute approximate surface area is 175 Å². The van der Waals surface area contributed by atoms with Crippen molar-refractivity contribution < 1.29 is 9.47 Å². The first-order chi connectivity index (χ1) is 13.6. The smallest absolute Gasteiger partial charge is 0.127 e. The first-order valence-electron chi connectivity index (χ1n) is 8.72. The second-order valence-electron chi connectivity index (χ2n) is 6.11. The molecule has 0 aromatic heterocycles. The maximum atomic E-state index is 6.01. The van der Waals surface area contributed by atoms with E-state index in [-0.39, 0.29) is 0 Å². The molecule has 0 fully saturated rings. The third kappa shape index (κ3) is 5.19. The molecule has 0 saturated carbocycles. The number of hydrogen-bond acceptors (Lipinski definition) is 2. The Hall–Kier alpha value is -2.68. The van der Waals surface area contributed by atoms with Gasteiger partial charge in [-0.15, -0.1) is 0 Å². The molecule has 0 saturated heterocycles.